The zero-order valence-corrected chi connectivity index (χ0v) is 18.2. The lowest BCUT2D eigenvalue weighted by Gasteiger charge is -2.39. The predicted molar refractivity (Wildman–Crippen MR) is 115 cm³/mol. The highest BCUT2D eigenvalue weighted by Crippen LogP contribution is 2.20. The molecule has 2 atom stereocenters. The summed E-state index contributed by atoms with van der Waals surface area (Å²) in [5.74, 6) is 0.109. The fourth-order valence-corrected chi connectivity index (χ4v) is 6.16. The van der Waals surface area contributed by atoms with Crippen molar-refractivity contribution in [1.29, 1.82) is 0 Å². The number of H-pyrrole nitrogens is 1. The molecule has 8 nitrogen and oxygen atoms in total. The molecule has 1 aromatic carbocycles. The summed E-state index contributed by atoms with van der Waals surface area (Å²) in [6.45, 7) is 4.17. The molecule has 2 saturated heterocycles. The number of amides is 2. The molecule has 4 rings (SSSR count). The number of likely N-dealkylation sites (N-methyl/N-ethyl adjacent to an activating group) is 1. The maximum atomic E-state index is 12.9. The van der Waals surface area contributed by atoms with E-state index in [0.717, 1.165) is 10.9 Å². The van der Waals surface area contributed by atoms with Gasteiger partial charge < -0.3 is 14.8 Å². The highest BCUT2D eigenvalue weighted by atomic mass is 32.2. The van der Waals surface area contributed by atoms with Gasteiger partial charge in [0, 0.05) is 50.2 Å². The second-order valence-electron chi connectivity index (χ2n) is 8.28. The highest BCUT2D eigenvalue weighted by molar-refractivity contribution is 7.91. The third-order valence-corrected chi connectivity index (χ3v) is 8.12. The molecule has 2 aliphatic heterocycles. The number of hydrogen-bond acceptors (Lipinski definition) is 5. The summed E-state index contributed by atoms with van der Waals surface area (Å²) in [7, 11) is -1.34. The Morgan fingerprint density at radius 3 is 2.50 bits per heavy atom. The van der Waals surface area contributed by atoms with Crippen LogP contribution in [0.4, 0.5) is 0 Å². The van der Waals surface area contributed by atoms with Crippen LogP contribution in [0.1, 0.15) is 23.8 Å². The van der Waals surface area contributed by atoms with Crippen molar-refractivity contribution in [2.75, 3.05) is 44.7 Å². The fraction of sp³-hybridized carbons (Fsp3) is 0.524. The lowest BCUT2D eigenvalue weighted by Crippen LogP contribution is -2.56. The molecule has 0 bridgehead atoms. The van der Waals surface area contributed by atoms with Crippen LogP contribution in [-0.2, 0) is 14.6 Å². The van der Waals surface area contributed by atoms with Gasteiger partial charge in [-0.05, 0) is 25.5 Å². The van der Waals surface area contributed by atoms with Crippen molar-refractivity contribution in [3.05, 3.63) is 36.0 Å². The number of carbonyl (C=O) groups is 2. The van der Waals surface area contributed by atoms with E-state index in [0.29, 0.717) is 38.3 Å². The second-order valence-corrected chi connectivity index (χ2v) is 10.5. The van der Waals surface area contributed by atoms with E-state index in [9.17, 15) is 18.0 Å². The lowest BCUT2D eigenvalue weighted by atomic mass is 10.1. The maximum absolute atomic E-state index is 12.9. The predicted octanol–water partition coefficient (Wildman–Crippen LogP) is 0.960. The number of hydrogen-bond donors (Lipinski definition) is 1. The van der Waals surface area contributed by atoms with Gasteiger partial charge in [-0.3, -0.25) is 14.5 Å². The number of sulfone groups is 1. The van der Waals surface area contributed by atoms with Crippen LogP contribution in [0.2, 0.25) is 0 Å². The minimum atomic E-state index is -3.03. The van der Waals surface area contributed by atoms with E-state index >= 15 is 0 Å². The fourth-order valence-electron chi connectivity index (χ4n) is 4.38. The Balaban J connectivity index is 1.34. The molecule has 1 aromatic heterocycles. The van der Waals surface area contributed by atoms with Crippen molar-refractivity contribution in [2.45, 2.75) is 25.4 Å². The summed E-state index contributed by atoms with van der Waals surface area (Å²) in [6.07, 6.45) is 0.504. The van der Waals surface area contributed by atoms with E-state index in [2.05, 4.69) is 9.88 Å². The quantitative estimate of drug-likeness (QED) is 0.777. The largest absolute Gasteiger partial charge is 0.351 e. The SMILES string of the molecule is CC(C(=O)N(C)C1CCS(=O)(=O)C1)N1CCN(C(=O)c2cc3ccccc3[nH]2)CC1. The number of rotatable bonds is 4. The van der Waals surface area contributed by atoms with Gasteiger partial charge in [0.25, 0.3) is 5.91 Å². The van der Waals surface area contributed by atoms with Crippen molar-refractivity contribution in [3.8, 4) is 0 Å². The Kier molecular flexibility index (Phi) is 5.59. The van der Waals surface area contributed by atoms with Gasteiger partial charge in [-0.25, -0.2) is 8.42 Å². The van der Waals surface area contributed by atoms with Crippen LogP contribution in [-0.4, -0.2) is 96.7 Å². The summed E-state index contributed by atoms with van der Waals surface area (Å²) in [6, 6.07) is 9.09. The van der Waals surface area contributed by atoms with Gasteiger partial charge in [0.05, 0.1) is 17.5 Å². The second kappa shape index (κ2) is 8.03. The van der Waals surface area contributed by atoms with Crippen molar-refractivity contribution in [2.24, 2.45) is 0 Å². The van der Waals surface area contributed by atoms with Crippen molar-refractivity contribution in [1.82, 2.24) is 19.7 Å². The standard InChI is InChI=1S/C21H28N4O4S/c1-15(20(26)23(2)17-7-12-30(28,29)14-17)24-8-10-25(11-9-24)21(27)19-13-16-5-3-4-6-18(16)22-19/h3-6,13,15,17,22H,7-12,14H2,1-2H3. The molecule has 2 amide bonds. The Morgan fingerprint density at radius 1 is 1.17 bits per heavy atom. The number of piperazine rings is 1. The van der Waals surface area contributed by atoms with E-state index < -0.39 is 9.84 Å². The maximum Gasteiger partial charge on any atom is 0.270 e. The molecular formula is C21H28N4O4S. The summed E-state index contributed by atoms with van der Waals surface area (Å²) in [4.78, 5) is 34.4. The van der Waals surface area contributed by atoms with E-state index in [1.165, 1.54) is 0 Å². The first kappa shape index (κ1) is 20.9. The number of para-hydroxylation sites is 1. The van der Waals surface area contributed by atoms with Crippen LogP contribution in [0.5, 0.6) is 0 Å². The van der Waals surface area contributed by atoms with Crippen LogP contribution in [0.15, 0.2) is 30.3 Å². The van der Waals surface area contributed by atoms with E-state index in [-0.39, 0.29) is 35.4 Å². The van der Waals surface area contributed by atoms with Crippen LogP contribution in [0.3, 0.4) is 0 Å². The van der Waals surface area contributed by atoms with E-state index in [1.807, 2.05) is 42.2 Å². The van der Waals surface area contributed by atoms with Crippen molar-refractivity contribution in [3.63, 3.8) is 0 Å². The number of aromatic amines is 1. The molecule has 9 heteroatoms. The topological polar surface area (TPSA) is 93.8 Å². The van der Waals surface area contributed by atoms with Gasteiger partial charge in [0.2, 0.25) is 5.91 Å². The summed E-state index contributed by atoms with van der Waals surface area (Å²) in [5, 5.41) is 1.01. The third-order valence-electron chi connectivity index (χ3n) is 6.37. The first-order valence-corrected chi connectivity index (χ1v) is 12.2. The Morgan fingerprint density at radius 2 is 1.87 bits per heavy atom. The molecule has 1 N–H and O–H groups in total. The van der Waals surface area contributed by atoms with Gasteiger partial charge >= 0.3 is 0 Å². The minimum absolute atomic E-state index is 0.0295. The molecule has 0 spiro atoms. The number of fused-ring (bicyclic) bond motifs is 1. The lowest BCUT2D eigenvalue weighted by molar-refractivity contribution is -0.137. The Bertz CT molecular complexity index is 1020. The summed E-state index contributed by atoms with van der Waals surface area (Å²) < 4.78 is 23.5. The smallest absolute Gasteiger partial charge is 0.270 e. The average molecular weight is 433 g/mol. The van der Waals surface area contributed by atoms with E-state index in [4.69, 9.17) is 0 Å². The number of aromatic nitrogens is 1. The van der Waals surface area contributed by atoms with Crippen LogP contribution in [0, 0.1) is 0 Å². The van der Waals surface area contributed by atoms with Crippen molar-refractivity contribution < 1.29 is 18.0 Å². The molecule has 0 saturated carbocycles. The first-order chi connectivity index (χ1) is 14.2. The Hall–Kier alpha value is -2.39. The summed E-state index contributed by atoms with van der Waals surface area (Å²) in [5.41, 5.74) is 1.52. The van der Waals surface area contributed by atoms with E-state index in [1.54, 1.807) is 11.9 Å². The monoisotopic (exact) mass is 432 g/mol. The van der Waals surface area contributed by atoms with Gasteiger partial charge in [0.15, 0.2) is 9.84 Å². The van der Waals surface area contributed by atoms with Gasteiger partial charge in [-0.2, -0.15) is 0 Å². The van der Waals surface area contributed by atoms with Gasteiger partial charge in [-0.15, -0.1) is 0 Å². The van der Waals surface area contributed by atoms with Crippen LogP contribution in [0.25, 0.3) is 10.9 Å². The molecule has 2 unspecified atom stereocenters. The molecule has 2 aliphatic rings. The molecule has 162 valence electrons. The summed E-state index contributed by atoms with van der Waals surface area (Å²) >= 11 is 0. The molecule has 3 heterocycles. The number of nitrogens with one attached hydrogen (secondary N) is 1. The van der Waals surface area contributed by atoms with Crippen molar-refractivity contribution >= 4 is 32.6 Å². The zero-order chi connectivity index (χ0) is 21.5. The number of nitrogens with zero attached hydrogens (tertiary/aromatic N) is 3. The molecule has 30 heavy (non-hydrogen) atoms. The molecule has 0 aliphatic carbocycles. The molecule has 2 aromatic rings. The average Bonchev–Trinajstić information content (AvgIpc) is 3.34. The first-order valence-electron chi connectivity index (χ1n) is 10.3. The zero-order valence-electron chi connectivity index (χ0n) is 17.4. The molecular weight excluding hydrogens is 404 g/mol. The highest BCUT2D eigenvalue weighted by Gasteiger charge is 2.36. The van der Waals surface area contributed by atoms with Crippen LogP contribution >= 0.6 is 0 Å². The number of carbonyl (C=O) groups excluding carboxylic acids is 2. The van der Waals surface area contributed by atoms with Crippen LogP contribution < -0.4 is 0 Å². The molecule has 0 radical (unpaired) electrons. The Labute approximate surface area is 176 Å². The minimum Gasteiger partial charge on any atom is -0.351 e. The molecule has 2 fully saturated rings. The normalized spacial score (nSPS) is 22.9. The van der Waals surface area contributed by atoms with Gasteiger partial charge in [0.1, 0.15) is 5.69 Å². The number of benzene rings is 1. The third kappa shape index (κ3) is 4.09. The van der Waals surface area contributed by atoms with Gasteiger partial charge in [-0.1, -0.05) is 18.2 Å².